The number of hydrogen-bond donors (Lipinski definition) is 0. The lowest BCUT2D eigenvalue weighted by Crippen LogP contribution is -2.38. The van der Waals surface area contributed by atoms with Gasteiger partial charge in [0.05, 0.1) is 16.6 Å². The van der Waals surface area contributed by atoms with E-state index in [1.165, 1.54) is 29.8 Å². The van der Waals surface area contributed by atoms with E-state index in [9.17, 15) is 18.8 Å². The fourth-order valence-corrected chi connectivity index (χ4v) is 6.49. The van der Waals surface area contributed by atoms with Gasteiger partial charge in [0, 0.05) is 18.7 Å². The van der Waals surface area contributed by atoms with E-state index >= 15 is 0 Å². The molecule has 11 heteroatoms. The van der Waals surface area contributed by atoms with E-state index in [2.05, 4.69) is 10.2 Å². The summed E-state index contributed by atoms with van der Waals surface area (Å²) in [5.41, 5.74) is -0.365. The van der Waals surface area contributed by atoms with Gasteiger partial charge in [0.2, 0.25) is 16.9 Å². The molecule has 3 aromatic rings. The molecular weight excluding hydrogens is 441 g/mol. The van der Waals surface area contributed by atoms with Gasteiger partial charge in [-0.2, -0.15) is 0 Å². The summed E-state index contributed by atoms with van der Waals surface area (Å²) in [6.07, 6.45) is 1.25. The first-order chi connectivity index (χ1) is 14.7. The van der Waals surface area contributed by atoms with Crippen molar-refractivity contribution in [2.24, 2.45) is 0 Å². The van der Waals surface area contributed by atoms with Crippen LogP contribution < -0.4 is 5.69 Å². The third-order valence-electron chi connectivity index (χ3n) is 5.29. The number of alkyl halides is 1. The van der Waals surface area contributed by atoms with Crippen LogP contribution in [0.25, 0.3) is 16.2 Å². The van der Waals surface area contributed by atoms with Crippen LogP contribution in [0.3, 0.4) is 0 Å². The highest BCUT2D eigenvalue weighted by Gasteiger charge is 2.51. The Morgan fingerprint density at radius 3 is 2.48 bits per heavy atom. The molecule has 1 atom stereocenters. The highest BCUT2D eigenvalue weighted by molar-refractivity contribution is 8.13. The number of rotatable bonds is 5. The molecule has 0 aliphatic heterocycles. The Hall–Kier alpha value is -2.66. The Labute approximate surface area is 184 Å². The largest absolute Gasteiger partial charge is 0.342 e. The minimum Gasteiger partial charge on any atom is -0.280 e. The zero-order valence-corrected chi connectivity index (χ0v) is 19.2. The van der Waals surface area contributed by atoms with Gasteiger partial charge >= 0.3 is 5.69 Å². The van der Waals surface area contributed by atoms with Crippen molar-refractivity contribution in [3.63, 3.8) is 0 Å². The van der Waals surface area contributed by atoms with Crippen LogP contribution in [-0.2, 0) is 4.79 Å². The number of carbonyl (C=O) groups is 2. The van der Waals surface area contributed by atoms with Gasteiger partial charge in [-0.25, -0.2) is 18.3 Å². The van der Waals surface area contributed by atoms with E-state index < -0.39 is 34.5 Å². The summed E-state index contributed by atoms with van der Waals surface area (Å²) in [7, 11) is -0.816. The molecule has 2 aromatic heterocycles. The summed E-state index contributed by atoms with van der Waals surface area (Å²) >= 11 is 1.24. The lowest BCUT2D eigenvalue weighted by molar-refractivity contribution is -0.126. The van der Waals surface area contributed by atoms with Gasteiger partial charge in [0.1, 0.15) is 11.7 Å². The quantitative estimate of drug-likeness (QED) is 0.542. The second-order valence-corrected chi connectivity index (χ2v) is 10.5. The highest BCUT2D eigenvalue weighted by atomic mass is 32.2. The Bertz CT molecular complexity index is 1300. The van der Waals surface area contributed by atoms with E-state index in [4.69, 9.17) is 0 Å². The van der Waals surface area contributed by atoms with Gasteiger partial charge in [-0.15, -0.1) is 10.2 Å². The number of benzene rings is 1. The number of hydrogen-bond acceptors (Lipinski definition) is 6. The van der Waals surface area contributed by atoms with Gasteiger partial charge < -0.3 is 0 Å². The van der Waals surface area contributed by atoms with Crippen molar-refractivity contribution in [2.45, 2.75) is 51.0 Å². The van der Waals surface area contributed by atoms with Crippen LogP contribution in [0.15, 0.2) is 27.9 Å². The van der Waals surface area contributed by atoms with Crippen LogP contribution >= 0.6 is 22.0 Å². The molecule has 164 valence electrons. The van der Waals surface area contributed by atoms with E-state index in [1.807, 2.05) is 12.3 Å². The molecule has 0 spiro atoms. The lowest BCUT2D eigenvalue weighted by atomic mass is 10.3. The molecule has 1 amide bonds. The van der Waals surface area contributed by atoms with Crippen molar-refractivity contribution in [3.05, 3.63) is 33.7 Å². The third-order valence-corrected chi connectivity index (χ3v) is 8.33. The second-order valence-electron chi connectivity index (χ2n) is 7.45. The molecule has 0 saturated heterocycles. The SMILES string of the molecule is C/C=S(\c1ccc2c(c1)n(-c1nnc(C)s1)c(=O)n2C(C)=O)N(C(C)=O)C1(CF)CC1. The summed E-state index contributed by atoms with van der Waals surface area (Å²) in [5, 5.41) is 11.0. The fourth-order valence-electron chi connectivity index (χ4n) is 3.74. The Morgan fingerprint density at radius 1 is 1.29 bits per heavy atom. The van der Waals surface area contributed by atoms with Gasteiger partial charge in [0.15, 0.2) is 0 Å². The maximum Gasteiger partial charge on any atom is 0.342 e. The predicted octanol–water partition coefficient (Wildman–Crippen LogP) is 3.33. The topological polar surface area (TPSA) is 90.1 Å². The molecule has 8 nitrogen and oxygen atoms in total. The van der Waals surface area contributed by atoms with Crippen LogP contribution in [0.4, 0.5) is 4.39 Å². The van der Waals surface area contributed by atoms with Crippen LogP contribution in [-0.4, -0.2) is 53.0 Å². The zero-order chi connectivity index (χ0) is 22.5. The summed E-state index contributed by atoms with van der Waals surface area (Å²) in [5.74, 6) is -0.612. The number of nitrogens with zero attached hydrogens (tertiary/aromatic N) is 5. The number of carbonyl (C=O) groups excluding carboxylic acids is 2. The Kier molecular flexibility index (Phi) is 5.42. The van der Waals surface area contributed by atoms with E-state index in [0.29, 0.717) is 34.0 Å². The first kappa shape index (κ1) is 21.6. The molecule has 1 aliphatic rings. The van der Waals surface area contributed by atoms with Crippen LogP contribution in [0.2, 0.25) is 0 Å². The summed E-state index contributed by atoms with van der Waals surface area (Å²) in [6.45, 7) is 5.79. The second kappa shape index (κ2) is 7.79. The Morgan fingerprint density at radius 2 is 2.00 bits per heavy atom. The van der Waals surface area contributed by atoms with Crippen LogP contribution in [0, 0.1) is 6.92 Å². The standard InChI is InChI=1S/C20H22FN5O3S2/c1-5-31(26(14(4)28)20(11-21)8-9-20)15-6-7-16-17(10-15)25(18-23-22-12(2)30-18)19(29)24(16)13(3)27/h5-7,10H,8-9,11H2,1-4H3. The minimum atomic E-state index is -0.816. The maximum atomic E-state index is 13.8. The molecule has 1 unspecified atom stereocenters. The average Bonchev–Trinajstić information content (AvgIpc) is 3.30. The average molecular weight is 464 g/mol. The third kappa shape index (κ3) is 3.45. The van der Waals surface area contributed by atoms with Gasteiger partial charge in [-0.3, -0.25) is 13.9 Å². The Balaban J connectivity index is 1.96. The van der Waals surface area contributed by atoms with E-state index in [-0.39, 0.29) is 5.91 Å². The van der Waals surface area contributed by atoms with E-state index in [0.717, 1.165) is 9.46 Å². The van der Waals surface area contributed by atoms with E-state index in [1.54, 1.807) is 29.4 Å². The van der Waals surface area contributed by atoms with Crippen LogP contribution in [0.5, 0.6) is 0 Å². The van der Waals surface area contributed by atoms with Crippen molar-refractivity contribution in [3.8, 4) is 5.13 Å². The summed E-state index contributed by atoms with van der Waals surface area (Å²) in [4.78, 5) is 38.5. The predicted molar refractivity (Wildman–Crippen MR) is 120 cm³/mol. The fraction of sp³-hybridized carbons (Fsp3) is 0.400. The number of aromatic nitrogens is 4. The molecule has 0 N–H and O–H groups in total. The molecule has 1 aliphatic carbocycles. The zero-order valence-electron chi connectivity index (χ0n) is 17.6. The monoisotopic (exact) mass is 463 g/mol. The maximum absolute atomic E-state index is 13.8. The molecule has 0 radical (unpaired) electrons. The number of fused-ring (bicyclic) bond motifs is 1. The number of amides is 1. The molecule has 31 heavy (non-hydrogen) atoms. The summed E-state index contributed by atoms with van der Waals surface area (Å²) < 4.78 is 17.9. The van der Waals surface area contributed by atoms with Crippen molar-refractivity contribution >= 4 is 50.2 Å². The smallest absolute Gasteiger partial charge is 0.280 e. The molecule has 1 saturated carbocycles. The van der Waals surface area contributed by atoms with Gasteiger partial charge in [-0.1, -0.05) is 22.0 Å². The molecule has 1 aromatic carbocycles. The summed E-state index contributed by atoms with van der Waals surface area (Å²) in [6, 6.07) is 5.25. The van der Waals surface area contributed by atoms with Gasteiger partial charge in [-0.05, 0) is 50.3 Å². The first-order valence-electron chi connectivity index (χ1n) is 9.72. The number of aryl methyl sites for hydroxylation is 1. The molecule has 4 rings (SSSR count). The molecular formula is C20H22FN5O3S2. The number of imidazole rings is 1. The van der Waals surface area contributed by atoms with Crippen molar-refractivity contribution in [1.82, 2.24) is 23.6 Å². The van der Waals surface area contributed by atoms with Crippen molar-refractivity contribution in [1.29, 1.82) is 0 Å². The first-order valence-corrected chi connectivity index (χ1v) is 11.8. The normalized spacial score (nSPS) is 15.9. The molecule has 0 bridgehead atoms. The van der Waals surface area contributed by atoms with Crippen molar-refractivity contribution < 1.29 is 14.0 Å². The van der Waals surface area contributed by atoms with Gasteiger partial charge in [0.25, 0.3) is 0 Å². The minimum absolute atomic E-state index is 0.199. The van der Waals surface area contributed by atoms with Crippen molar-refractivity contribution in [2.75, 3.05) is 6.67 Å². The molecule has 1 fully saturated rings. The van der Waals surface area contributed by atoms with Crippen LogP contribution in [0.1, 0.15) is 43.4 Å². The molecule has 2 heterocycles. The lowest BCUT2D eigenvalue weighted by Gasteiger charge is -2.32. The highest BCUT2D eigenvalue weighted by Crippen LogP contribution is 2.50. The number of halogens is 1.